The Morgan fingerprint density at radius 3 is 2.23 bits per heavy atom. The minimum Gasteiger partial charge on any atom is -0.396 e. The highest BCUT2D eigenvalue weighted by Crippen LogP contribution is 2.39. The van der Waals surface area contributed by atoms with E-state index in [9.17, 15) is 4.79 Å². The topological polar surface area (TPSA) is 88.5 Å². The molecule has 0 aliphatic rings. The summed E-state index contributed by atoms with van der Waals surface area (Å²) in [5, 5.41) is 11.9. The van der Waals surface area contributed by atoms with E-state index >= 15 is 0 Å². The SMILES string of the molecule is Cc1[nH]n(-c2ccccc2)c(=O)c1N=Nc1c(C)c(C)c(C)c(Cl)c1N. The van der Waals surface area contributed by atoms with Gasteiger partial charge in [-0.2, -0.15) is 0 Å². The van der Waals surface area contributed by atoms with Crippen LogP contribution in [-0.2, 0) is 0 Å². The van der Waals surface area contributed by atoms with Crippen LogP contribution in [0.5, 0.6) is 0 Å². The zero-order chi connectivity index (χ0) is 19.0. The number of H-pyrrole nitrogens is 1. The van der Waals surface area contributed by atoms with E-state index in [-0.39, 0.29) is 11.2 Å². The monoisotopic (exact) mass is 369 g/mol. The molecule has 2 aromatic carbocycles. The first-order valence-corrected chi connectivity index (χ1v) is 8.54. The highest BCUT2D eigenvalue weighted by atomic mass is 35.5. The van der Waals surface area contributed by atoms with Gasteiger partial charge in [0.25, 0.3) is 5.56 Å². The molecular formula is C19H20ClN5O. The van der Waals surface area contributed by atoms with E-state index in [1.165, 1.54) is 4.68 Å². The summed E-state index contributed by atoms with van der Waals surface area (Å²) in [6.07, 6.45) is 0. The quantitative estimate of drug-likeness (QED) is 0.499. The Balaban J connectivity index is 2.09. The van der Waals surface area contributed by atoms with Crippen LogP contribution in [0.15, 0.2) is 45.4 Å². The Kier molecular flexibility index (Phi) is 4.70. The number of hydrogen-bond donors (Lipinski definition) is 2. The molecule has 0 aliphatic carbocycles. The molecule has 1 aromatic heterocycles. The molecule has 0 atom stereocenters. The molecule has 0 unspecified atom stereocenters. The number of aromatic nitrogens is 2. The molecule has 0 saturated carbocycles. The number of nitrogens with zero attached hydrogens (tertiary/aromatic N) is 3. The third-order valence-electron chi connectivity index (χ3n) is 4.61. The van der Waals surface area contributed by atoms with Gasteiger partial charge in [0.1, 0.15) is 5.69 Å². The molecule has 1 heterocycles. The van der Waals surface area contributed by atoms with Crippen molar-refractivity contribution in [1.29, 1.82) is 0 Å². The first-order chi connectivity index (χ1) is 12.3. The Morgan fingerprint density at radius 1 is 0.962 bits per heavy atom. The predicted molar refractivity (Wildman–Crippen MR) is 105 cm³/mol. The van der Waals surface area contributed by atoms with Crippen LogP contribution in [-0.4, -0.2) is 9.78 Å². The lowest BCUT2D eigenvalue weighted by atomic mass is 10.0. The second kappa shape index (κ2) is 6.80. The molecule has 3 N–H and O–H groups in total. The highest BCUT2D eigenvalue weighted by Gasteiger charge is 2.16. The molecule has 0 saturated heterocycles. The minimum absolute atomic E-state index is 0.238. The van der Waals surface area contributed by atoms with Gasteiger partial charge >= 0.3 is 0 Å². The van der Waals surface area contributed by atoms with E-state index < -0.39 is 0 Å². The number of azo groups is 1. The molecule has 0 amide bonds. The number of anilines is 1. The Morgan fingerprint density at radius 2 is 1.58 bits per heavy atom. The second-order valence-electron chi connectivity index (χ2n) is 6.21. The molecule has 3 aromatic rings. The van der Waals surface area contributed by atoms with Crippen LogP contribution >= 0.6 is 11.6 Å². The van der Waals surface area contributed by atoms with E-state index in [1.54, 1.807) is 6.92 Å². The molecule has 7 heteroatoms. The fourth-order valence-corrected chi connectivity index (χ4v) is 3.01. The van der Waals surface area contributed by atoms with E-state index in [1.807, 2.05) is 51.1 Å². The highest BCUT2D eigenvalue weighted by molar-refractivity contribution is 6.34. The lowest BCUT2D eigenvalue weighted by Crippen LogP contribution is -2.13. The van der Waals surface area contributed by atoms with Crippen molar-refractivity contribution < 1.29 is 0 Å². The van der Waals surface area contributed by atoms with Crippen molar-refractivity contribution in [3.8, 4) is 5.69 Å². The molecule has 26 heavy (non-hydrogen) atoms. The molecule has 134 valence electrons. The molecule has 0 bridgehead atoms. The van der Waals surface area contributed by atoms with Gasteiger partial charge in [-0.25, -0.2) is 4.68 Å². The summed E-state index contributed by atoms with van der Waals surface area (Å²) in [7, 11) is 0. The van der Waals surface area contributed by atoms with Gasteiger partial charge in [0.15, 0.2) is 5.69 Å². The molecule has 3 rings (SSSR count). The average Bonchev–Trinajstić information content (AvgIpc) is 2.93. The summed E-state index contributed by atoms with van der Waals surface area (Å²) in [4.78, 5) is 12.7. The van der Waals surface area contributed by atoms with Crippen molar-refractivity contribution >= 4 is 28.7 Å². The zero-order valence-electron chi connectivity index (χ0n) is 15.1. The maximum absolute atomic E-state index is 12.7. The number of para-hydroxylation sites is 1. The Bertz CT molecular complexity index is 1030. The summed E-state index contributed by atoms with van der Waals surface area (Å²) in [6, 6.07) is 9.29. The number of nitrogens with two attached hydrogens (primary N) is 1. The fourth-order valence-electron chi connectivity index (χ4n) is 2.77. The maximum Gasteiger partial charge on any atom is 0.299 e. The number of rotatable bonds is 3. The smallest absolute Gasteiger partial charge is 0.299 e. The van der Waals surface area contributed by atoms with Gasteiger partial charge in [0.05, 0.1) is 22.1 Å². The number of benzene rings is 2. The molecule has 0 spiro atoms. The van der Waals surface area contributed by atoms with Gasteiger partial charge in [-0.1, -0.05) is 29.8 Å². The fraction of sp³-hybridized carbons (Fsp3) is 0.211. The van der Waals surface area contributed by atoms with Gasteiger partial charge in [0.2, 0.25) is 0 Å². The van der Waals surface area contributed by atoms with Gasteiger partial charge in [-0.05, 0) is 56.5 Å². The molecular weight excluding hydrogens is 350 g/mol. The van der Waals surface area contributed by atoms with E-state index in [4.69, 9.17) is 17.3 Å². The van der Waals surface area contributed by atoms with Crippen molar-refractivity contribution in [3.63, 3.8) is 0 Å². The number of halogens is 1. The lowest BCUT2D eigenvalue weighted by Gasteiger charge is -2.12. The van der Waals surface area contributed by atoms with Crippen LogP contribution < -0.4 is 11.3 Å². The maximum atomic E-state index is 12.7. The first-order valence-electron chi connectivity index (χ1n) is 8.16. The van der Waals surface area contributed by atoms with Crippen LogP contribution in [0, 0.1) is 27.7 Å². The third-order valence-corrected chi connectivity index (χ3v) is 5.09. The second-order valence-corrected chi connectivity index (χ2v) is 6.59. The van der Waals surface area contributed by atoms with Crippen molar-refractivity contribution in [2.45, 2.75) is 27.7 Å². The Hall–Kier alpha value is -2.86. The summed E-state index contributed by atoms with van der Waals surface area (Å²) in [5.41, 5.74) is 11.1. The van der Waals surface area contributed by atoms with Crippen molar-refractivity contribution in [2.75, 3.05) is 5.73 Å². The summed E-state index contributed by atoms with van der Waals surface area (Å²) >= 11 is 6.29. The van der Waals surface area contributed by atoms with E-state index in [0.29, 0.717) is 22.1 Å². The third kappa shape index (κ3) is 2.93. The first kappa shape index (κ1) is 17.9. The number of aryl methyl sites for hydroxylation is 1. The standard InChI is InChI=1S/C19H20ClN5O/c1-10-11(2)15(20)16(21)17(12(10)3)22-23-18-13(4)24-25(19(18)26)14-8-6-5-7-9-14/h5-9,24H,21H2,1-4H3. The molecule has 0 radical (unpaired) electrons. The van der Waals surface area contributed by atoms with Crippen LogP contribution in [0.1, 0.15) is 22.4 Å². The van der Waals surface area contributed by atoms with Crippen LogP contribution in [0.3, 0.4) is 0 Å². The Labute approximate surface area is 156 Å². The summed E-state index contributed by atoms with van der Waals surface area (Å²) in [6.45, 7) is 7.56. The molecule has 0 fully saturated rings. The van der Waals surface area contributed by atoms with Gasteiger partial charge in [-0.3, -0.25) is 9.89 Å². The molecule has 0 aliphatic heterocycles. The van der Waals surface area contributed by atoms with Crippen LogP contribution in [0.4, 0.5) is 17.1 Å². The van der Waals surface area contributed by atoms with Crippen LogP contribution in [0.25, 0.3) is 5.69 Å². The number of aromatic amines is 1. The number of nitrogens with one attached hydrogen (secondary N) is 1. The average molecular weight is 370 g/mol. The minimum atomic E-state index is -0.274. The van der Waals surface area contributed by atoms with Gasteiger partial charge < -0.3 is 5.73 Å². The number of hydrogen-bond acceptors (Lipinski definition) is 4. The van der Waals surface area contributed by atoms with Crippen molar-refractivity contribution in [3.05, 3.63) is 68.1 Å². The predicted octanol–water partition coefficient (Wildman–Crippen LogP) is 5.05. The van der Waals surface area contributed by atoms with E-state index in [2.05, 4.69) is 15.3 Å². The van der Waals surface area contributed by atoms with E-state index in [0.717, 1.165) is 22.4 Å². The summed E-state index contributed by atoms with van der Waals surface area (Å²) in [5.74, 6) is 0. The van der Waals surface area contributed by atoms with Gasteiger partial charge in [0, 0.05) is 0 Å². The van der Waals surface area contributed by atoms with Crippen LogP contribution in [0.2, 0.25) is 5.02 Å². The van der Waals surface area contributed by atoms with Gasteiger partial charge in [-0.15, -0.1) is 10.2 Å². The largest absolute Gasteiger partial charge is 0.396 e. The van der Waals surface area contributed by atoms with Crippen molar-refractivity contribution in [2.24, 2.45) is 10.2 Å². The molecule has 6 nitrogen and oxygen atoms in total. The zero-order valence-corrected chi connectivity index (χ0v) is 15.8. The normalized spacial score (nSPS) is 11.4. The number of nitrogen functional groups attached to an aromatic ring is 1. The van der Waals surface area contributed by atoms with Crippen molar-refractivity contribution in [1.82, 2.24) is 9.78 Å². The lowest BCUT2D eigenvalue weighted by molar-refractivity contribution is 0.835. The summed E-state index contributed by atoms with van der Waals surface area (Å²) < 4.78 is 1.44.